The molecule has 0 heterocycles. The van der Waals surface area contributed by atoms with Gasteiger partial charge < -0.3 is 25.4 Å². The van der Waals surface area contributed by atoms with Crippen molar-refractivity contribution in [2.75, 3.05) is 44.0 Å². The van der Waals surface area contributed by atoms with Crippen LogP contribution in [0.15, 0.2) is 60.7 Å². The molecule has 0 saturated heterocycles. The van der Waals surface area contributed by atoms with Gasteiger partial charge in [-0.15, -0.1) is 0 Å². The van der Waals surface area contributed by atoms with Crippen LogP contribution in [-0.2, 0) is 9.53 Å². The molecule has 29 heavy (non-hydrogen) atoms. The zero-order chi connectivity index (χ0) is 21.1. The molecule has 0 aromatic heterocycles. The Labute approximate surface area is 171 Å². The van der Waals surface area contributed by atoms with Crippen LogP contribution in [0, 0.1) is 0 Å². The van der Waals surface area contributed by atoms with Gasteiger partial charge >= 0.3 is 0 Å². The lowest BCUT2D eigenvalue weighted by Gasteiger charge is -2.13. The van der Waals surface area contributed by atoms with Crippen LogP contribution in [0.3, 0.4) is 0 Å². The SMILES string of the molecule is C=C(C)COc1ccccc1NC(=O)CNc1ccc(C(=O)NCCOC)cc1. The number of carbonyl (C=O) groups excluding carboxylic acids is 2. The summed E-state index contributed by atoms with van der Waals surface area (Å²) < 4.78 is 10.6. The van der Waals surface area contributed by atoms with Gasteiger partial charge in [-0.2, -0.15) is 0 Å². The fourth-order valence-corrected chi connectivity index (χ4v) is 2.38. The van der Waals surface area contributed by atoms with Gasteiger partial charge in [-0.25, -0.2) is 0 Å². The van der Waals surface area contributed by atoms with E-state index in [1.165, 1.54) is 0 Å². The second kappa shape index (κ2) is 11.5. The highest BCUT2D eigenvalue weighted by Crippen LogP contribution is 2.24. The first-order chi connectivity index (χ1) is 14.0. The smallest absolute Gasteiger partial charge is 0.251 e. The summed E-state index contributed by atoms with van der Waals surface area (Å²) >= 11 is 0. The number of hydrogen-bond acceptors (Lipinski definition) is 5. The van der Waals surface area contributed by atoms with Gasteiger partial charge in [0.1, 0.15) is 12.4 Å². The quantitative estimate of drug-likeness (QED) is 0.401. The maximum Gasteiger partial charge on any atom is 0.251 e. The molecule has 2 amide bonds. The molecule has 7 nitrogen and oxygen atoms in total. The largest absolute Gasteiger partial charge is 0.487 e. The van der Waals surface area contributed by atoms with E-state index in [-0.39, 0.29) is 18.4 Å². The number of amides is 2. The standard InChI is InChI=1S/C22H27N3O4/c1-16(2)15-29-20-7-5-4-6-19(20)25-21(26)14-24-18-10-8-17(9-11-18)22(27)23-12-13-28-3/h4-11,24H,1,12-15H2,2-3H3,(H,23,27)(H,25,26). The predicted molar refractivity (Wildman–Crippen MR) is 115 cm³/mol. The molecule has 0 saturated carbocycles. The number of carbonyl (C=O) groups is 2. The highest BCUT2D eigenvalue weighted by molar-refractivity contribution is 5.96. The van der Waals surface area contributed by atoms with Gasteiger partial charge in [-0.05, 0) is 48.9 Å². The Balaban J connectivity index is 1.85. The molecule has 0 aliphatic heterocycles. The molecule has 0 spiro atoms. The second-order valence-corrected chi connectivity index (χ2v) is 6.47. The zero-order valence-corrected chi connectivity index (χ0v) is 16.8. The Morgan fingerprint density at radius 3 is 2.48 bits per heavy atom. The lowest BCUT2D eigenvalue weighted by molar-refractivity contribution is -0.114. The molecule has 154 valence electrons. The van der Waals surface area contributed by atoms with Crippen LogP contribution in [0.5, 0.6) is 5.75 Å². The first kappa shape index (κ1) is 22.0. The van der Waals surface area contributed by atoms with Crippen molar-refractivity contribution < 1.29 is 19.1 Å². The first-order valence-electron chi connectivity index (χ1n) is 9.26. The average Bonchev–Trinajstić information content (AvgIpc) is 2.72. The topological polar surface area (TPSA) is 88.7 Å². The molecule has 3 N–H and O–H groups in total. The van der Waals surface area contributed by atoms with Gasteiger partial charge in [-0.1, -0.05) is 18.7 Å². The number of rotatable bonds is 11. The Bertz CT molecular complexity index is 834. The molecule has 2 aromatic carbocycles. The van der Waals surface area contributed by atoms with E-state index in [4.69, 9.17) is 9.47 Å². The molecule has 0 aliphatic carbocycles. The fourth-order valence-electron chi connectivity index (χ4n) is 2.38. The molecule has 2 aromatic rings. The van der Waals surface area contributed by atoms with Crippen molar-refractivity contribution in [1.29, 1.82) is 0 Å². The second-order valence-electron chi connectivity index (χ2n) is 6.47. The molecule has 7 heteroatoms. The summed E-state index contributed by atoms with van der Waals surface area (Å²) in [5.74, 6) is 0.211. The van der Waals surface area contributed by atoms with E-state index in [9.17, 15) is 9.59 Å². The van der Waals surface area contributed by atoms with Gasteiger partial charge in [0.15, 0.2) is 0 Å². The summed E-state index contributed by atoms with van der Waals surface area (Å²) in [7, 11) is 1.58. The number of anilines is 2. The number of methoxy groups -OCH3 is 1. The van der Waals surface area contributed by atoms with Crippen molar-refractivity contribution in [3.63, 3.8) is 0 Å². The normalized spacial score (nSPS) is 10.1. The predicted octanol–water partition coefficient (Wildman–Crippen LogP) is 3.07. The number of benzene rings is 2. The van der Waals surface area contributed by atoms with E-state index in [1.807, 2.05) is 19.1 Å². The summed E-state index contributed by atoms with van der Waals surface area (Å²) in [5, 5.41) is 8.62. The molecule has 0 radical (unpaired) electrons. The molecular weight excluding hydrogens is 370 g/mol. The van der Waals surface area contributed by atoms with Crippen molar-refractivity contribution in [2.45, 2.75) is 6.92 Å². The maximum absolute atomic E-state index is 12.3. The van der Waals surface area contributed by atoms with Gasteiger partial charge in [0.05, 0.1) is 18.8 Å². The third-order valence-corrected chi connectivity index (χ3v) is 3.83. The van der Waals surface area contributed by atoms with E-state index in [1.54, 1.807) is 43.5 Å². The molecule has 0 atom stereocenters. The highest BCUT2D eigenvalue weighted by atomic mass is 16.5. The molecule has 0 bridgehead atoms. The number of ether oxygens (including phenoxy) is 2. The Kier molecular flexibility index (Phi) is 8.72. The Morgan fingerprint density at radius 2 is 1.79 bits per heavy atom. The number of hydrogen-bond donors (Lipinski definition) is 3. The maximum atomic E-state index is 12.3. The van der Waals surface area contributed by atoms with Crippen LogP contribution >= 0.6 is 0 Å². The van der Waals surface area contributed by atoms with Gasteiger partial charge in [0.2, 0.25) is 5.91 Å². The first-order valence-corrected chi connectivity index (χ1v) is 9.26. The minimum atomic E-state index is -0.210. The Morgan fingerprint density at radius 1 is 1.07 bits per heavy atom. The van der Waals surface area contributed by atoms with E-state index >= 15 is 0 Å². The van der Waals surface area contributed by atoms with Crippen LogP contribution in [0.2, 0.25) is 0 Å². The van der Waals surface area contributed by atoms with Crippen molar-refractivity contribution in [2.24, 2.45) is 0 Å². The molecular formula is C22H27N3O4. The molecule has 2 rings (SSSR count). The lowest BCUT2D eigenvalue weighted by Crippen LogP contribution is -2.26. The van der Waals surface area contributed by atoms with E-state index in [2.05, 4.69) is 22.5 Å². The van der Waals surface area contributed by atoms with E-state index in [0.717, 1.165) is 11.3 Å². The monoisotopic (exact) mass is 397 g/mol. The van der Waals surface area contributed by atoms with Crippen LogP contribution < -0.4 is 20.7 Å². The summed E-state index contributed by atoms with van der Waals surface area (Å²) in [6, 6.07) is 14.1. The molecule has 0 fully saturated rings. The van der Waals surface area contributed by atoms with Gasteiger partial charge in [-0.3, -0.25) is 9.59 Å². The van der Waals surface area contributed by atoms with E-state index in [0.29, 0.717) is 36.8 Å². The van der Waals surface area contributed by atoms with Gasteiger partial charge in [0, 0.05) is 24.9 Å². The van der Waals surface area contributed by atoms with Crippen molar-refractivity contribution in [3.8, 4) is 5.75 Å². The van der Waals surface area contributed by atoms with E-state index < -0.39 is 0 Å². The summed E-state index contributed by atoms with van der Waals surface area (Å²) in [6.45, 7) is 7.06. The van der Waals surface area contributed by atoms with Gasteiger partial charge in [0.25, 0.3) is 5.91 Å². The number of para-hydroxylation sites is 2. The molecule has 0 aliphatic rings. The molecule has 0 unspecified atom stereocenters. The third-order valence-electron chi connectivity index (χ3n) is 3.83. The average molecular weight is 397 g/mol. The Hall–Kier alpha value is -3.32. The minimum Gasteiger partial charge on any atom is -0.487 e. The summed E-state index contributed by atoms with van der Waals surface area (Å²) in [6.07, 6.45) is 0. The summed E-state index contributed by atoms with van der Waals surface area (Å²) in [4.78, 5) is 24.2. The van der Waals surface area contributed by atoms with Crippen LogP contribution in [0.1, 0.15) is 17.3 Å². The van der Waals surface area contributed by atoms with Crippen molar-refractivity contribution in [3.05, 3.63) is 66.2 Å². The van der Waals surface area contributed by atoms with Crippen LogP contribution in [-0.4, -0.2) is 45.2 Å². The zero-order valence-electron chi connectivity index (χ0n) is 16.8. The lowest BCUT2D eigenvalue weighted by atomic mass is 10.2. The van der Waals surface area contributed by atoms with Crippen molar-refractivity contribution >= 4 is 23.2 Å². The third kappa shape index (κ3) is 7.67. The number of nitrogens with one attached hydrogen (secondary N) is 3. The van der Waals surface area contributed by atoms with Crippen molar-refractivity contribution in [1.82, 2.24) is 5.32 Å². The fraction of sp³-hybridized carbons (Fsp3) is 0.273. The minimum absolute atomic E-state index is 0.0776. The van der Waals surface area contributed by atoms with Crippen LogP contribution in [0.4, 0.5) is 11.4 Å². The van der Waals surface area contributed by atoms with Crippen LogP contribution in [0.25, 0.3) is 0 Å². The summed E-state index contributed by atoms with van der Waals surface area (Å²) in [5.41, 5.74) is 2.77. The highest BCUT2D eigenvalue weighted by Gasteiger charge is 2.08.